The lowest BCUT2D eigenvalue weighted by Crippen LogP contribution is -1.80. The van der Waals surface area contributed by atoms with Crippen molar-refractivity contribution < 1.29 is 0 Å². The molecule has 0 spiro atoms. The molecule has 0 radical (unpaired) electrons. The van der Waals surface area contributed by atoms with Crippen LogP contribution in [0.1, 0.15) is 16.7 Å². The van der Waals surface area contributed by atoms with Crippen molar-refractivity contribution in [2.24, 2.45) is 0 Å². The van der Waals surface area contributed by atoms with Gasteiger partial charge in [0.25, 0.3) is 0 Å². The van der Waals surface area contributed by atoms with Crippen LogP contribution in [0.25, 0.3) is 22.9 Å². The van der Waals surface area contributed by atoms with Gasteiger partial charge in [0.05, 0.1) is 0 Å². The third-order valence-electron chi connectivity index (χ3n) is 3.38. The zero-order chi connectivity index (χ0) is 13.8. The third kappa shape index (κ3) is 2.83. The lowest BCUT2D eigenvalue weighted by molar-refractivity contribution is 1.43. The highest BCUT2D eigenvalue weighted by molar-refractivity contribution is 9.08. The summed E-state index contributed by atoms with van der Waals surface area (Å²) >= 11 is 3.50. The van der Waals surface area contributed by atoms with Crippen LogP contribution in [0.4, 0.5) is 0 Å². The van der Waals surface area contributed by atoms with Gasteiger partial charge in [-0.3, -0.25) is 0 Å². The maximum atomic E-state index is 3.50. The van der Waals surface area contributed by atoms with Crippen LogP contribution < -0.4 is 0 Å². The van der Waals surface area contributed by atoms with Gasteiger partial charge in [-0.25, -0.2) is 0 Å². The molecule has 0 aromatic heterocycles. The standard InChI is InChI=1S/C19H15Br/c20-14-16-6-3-5-15(13-16)11-12-18-9-4-8-17-7-1-2-10-19(17)18/h1-13H,14H2/b12-11+. The van der Waals surface area contributed by atoms with Gasteiger partial charge in [-0.15, -0.1) is 0 Å². The summed E-state index contributed by atoms with van der Waals surface area (Å²) < 4.78 is 0. The van der Waals surface area contributed by atoms with Gasteiger partial charge in [-0.2, -0.15) is 0 Å². The summed E-state index contributed by atoms with van der Waals surface area (Å²) in [5.74, 6) is 0. The molecule has 0 atom stereocenters. The van der Waals surface area contributed by atoms with Crippen LogP contribution >= 0.6 is 15.9 Å². The van der Waals surface area contributed by atoms with E-state index in [1.165, 1.54) is 27.5 Å². The van der Waals surface area contributed by atoms with Gasteiger partial charge in [0.2, 0.25) is 0 Å². The maximum Gasteiger partial charge on any atom is 0.0283 e. The highest BCUT2D eigenvalue weighted by Gasteiger charge is 1.96. The molecule has 20 heavy (non-hydrogen) atoms. The van der Waals surface area contributed by atoms with Crippen molar-refractivity contribution >= 4 is 38.9 Å². The molecule has 0 bridgehead atoms. The van der Waals surface area contributed by atoms with Crippen LogP contribution in [0, 0.1) is 0 Å². The zero-order valence-electron chi connectivity index (χ0n) is 11.1. The SMILES string of the molecule is BrCc1cccc(/C=C/c2cccc3ccccc23)c1. The first-order chi connectivity index (χ1) is 9.86. The van der Waals surface area contributed by atoms with E-state index in [9.17, 15) is 0 Å². The van der Waals surface area contributed by atoms with Gasteiger partial charge >= 0.3 is 0 Å². The fourth-order valence-corrected chi connectivity index (χ4v) is 2.71. The third-order valence-corrected chi connectivity index (χ3v) is 4.03. The van der Waals surface area contributed by atoms with Gasteiger partial charge < -0.3 is 0 Å². The summed E-state index contributed by atoms with van der Waals surface area (Å²) in [6.07, 6.45) is 4.36. The lowest BCUT2D eigenvalue weighted by Gasteiger charge is -2.02. The Morgan fingerprint density at radius 2 is 1.60 bits per heavy atom. The Balaban J connectivity index is 1.98. The topological polar surface area (TPSA) is 0 Å². The first-order valence-electron chi connectivity index (χ1n) is 6.67. The Hall–Kier alpha value is -1.86. The molecule has 0 N–H and O–H groups in total. The Morgan fingerprint density at radius 3 is 2.50 bits per heavy atom. The fraction of sp³-hybridized carbons (Fsp3) is 0.0526. The molecular weight excluding hydrogens is 308 g/mol. The van der Waals surface area contributed by atoms with E-state index >= 15 is 0 Å². The minimum atomic E-state index is 0.892. The predicted octanol–water partition coefficient (Wildman–Crippen LogP) is 5.91. The second-order valence-corrected chi connectivity index (χ2v) is 5.34. The molecule has 3 rings (SSSR count). The molecule has 0 heterocycles. The smallest absolute Gasteiger partial charge is 0.0283 e. The van der Waals surface area contributed by atoms with E-state index in [4.69, 9.17) is 0 Å². The van der Waals surface area contributed by atoms with Crippen molar-refractivity contribution in [3.8, 4) is 0 Å². The largest absolute Gasteiger partial charge is 0.0876 e. The number of fused-ring (bicyclic) bond motifs is 1. The second kappa shape index (κ2) is 6.06. The summed E-state index contributed by atoms with van der Waals surface area (Å²) in [5, 5.41) is 3.47. The van der Waals surface area contributed by atoms with Crippen LogP contribution in [0.15, 0.2) is 66.7 Å². The van der Waals surface area contributed by atoms with Crippen LogP contribution in [0.3, 0.4) is 0 Å². The number of rotatable bonds is 3. The van der Waals surface area contributed by atoms with E-state index in [0.29, 0.717) is 0 Å². The van der Waals surface area contributed by atoms with E-state index in [1.54, 1.807) is 0 Å². The highest BCUT2D eigenvalue weighted by atomic mass is 79.9. The first-order valence-corrected chi connectivity index (χ1v) is 7.80. The monoisotopic (exact) mass is 322 g/mol. The van der Waals surface area contributed by atoms with Crippen molar-refractivity contribution in [3.63, 3.8) is 0 Å². The Kier molecular flexibility index (Phi) is 3.98. The Morgan fingerprint density at radius 1 is 0.800 bits per heavy atom. The molecule has 0 unspecified atom stereocenters. The zero-order valence-corrected chi connectivity index (χ0v) is 12.7. The van der Waals surface area contributed by atoms with Crippen LogP contribution in [-0.4, -0.2) is 0 Å². The van der Waals surface area contributed by atoms with Crippen LogP contribution in [0.5, 0.6) is 0 Å². The number of alkyl halides is 1. The Labute approximate surface area is 127 Å². The van der Waals surface area contributed by atoms with Crippen molar-refractivity contribution in [2.75, 3.05) is 0 Å². The molecule has 3 aromatic carbocycles. The van der Waals surface area contributed by atoms with Gasteiger partial charge in [0.15, 0.2) is 0 Å². The average Bonchev–Trinajstić information content (AvgIpc) is 2.53. The molecule has 0 saturated heterocycles. The molecule has 0 aliphatic heterocycles. The van der Waals surface area contributed by atoms with Crippen LogP contribution in [-0.2, 0) is 5.33 Å². The van der Waals surface area contributed by atoms with E-state index < -0.39 is 0 Å². The van der Waals surface area contributed by atoms with Gasteiger partial charge in [-0.05, 0) is 27.5 Å². The molecule has 0 nitrogen and oxygen atoms in total. The number of hydrogen-bond acceptors (Lipinski definition) is 0. The summed E-state index contributed by atoms with van der Waals surface area (Å²) in [6, 6.07) is 23.5. The molecule has 0 amide bonds. The van der Waals surface area contributed by atoms with Gasteiger partial charge in [0, 0.05) is 5.33 Å². The summed E-state index contributed by atoms with van der Waals surface area (Å²) in [7, 11) is 0. The molecule has 0 saturated carbocycles. The van der Waals surface area contributed by atoms with Gasteiger partial charge in [-0.1, -0.05) is 94.8 Å². The van der Waals surface area contributed by atoms with Crippen molar-refractivity contribution in [1.29, 1.82) is 0 Å². The fourth-order valence-electron chi connectivity index (χ4n) is 2.36. The average molecular weight is 323 g/mol. The normalized spacial score (nSPS) is 11.2. The molecule has 0 aliphatic carbocycles. The molecule has 98 valence electrons. The minimum Gasteiger partial charge on any atom is -0.0876 e. The lowest BCUT2D eigenvalue weighted by atomic mass is 10.0. The molecule has 0 aliphatic rings. The molecular formula is C19H15Br. The quantitative estimate of drug-likeness (QED) is 0.415. The molecule has 1 heteroatoms. The Bertz CT molecular complexity index is 751. The maximum absolute atomic E-state index is 3.50. The number of hydrogen-bond donors (Lipinski definition) is 0. The first kappa shape index (κ1) is 13.1. The number of benzene rings is 3. The second-order valence-electron chi connectivity index (χ2n) is 4.78. The van der Waals surface area contributed by atoms with Crippen LogP contribution in [0.2, 0.25) is 0 Å². The predicted molar refractivity (Wildman–Crippen MR) is 91.9 cm³/mol. The van der Waals surface area contributed by atoms with Crippen molar-refractivity contribution in [2.45, 2.75) is 5.33 Å². The highest BCUT2D eigenvalue weighted by Crippen LogP contribution is 2.21. The van der Waals surface area contributed by atoms with E-state index in [2.05, 4.69) is 94.8 Å². The van der Waals surface area contributed by atoms with E-state index in [1.807, 2.05) is 0 Å². The van der Waals surface area contributed by atoms with E-state index in [0.717, 1.165) is 5.33 Å². The summed E-state index contributed by atoms with van der Waals surface area (Å²) in [4.78, 5) is 0. The molecule has 0 fully saturated rings. The number of halogens is 1. The van der Waals surface area contributed by atoms with Crippen molar-refractivity contribution in [1.82, 2.24) is 0 Å². The van der Waals surface area contributed by atoms with Gasteiger partial charge in [0.1, 0.15) is 0 Å². The van der Waals surface area contributed by atoms with E-state index in [-0.39, 0.29) is 0 Å². The minimum absolute atomic E-state index is 0.892. The molecule has 3 aromatic rings. The summed E-state index contributed by atoms with van der Waals surface area (Å²) in [5.41, 5.74) is 3.78. The van der Waals surface area contributed by atoms with Crippen molar-refractivity contribution in [3.05, 3.63) is 83.4 Å². The summed E-state index contributed by atoms with van der Waals surface area (Å²) in [6.45, 7) is 0.